The molecule has 7 heteroatoms. The third-order valence-electron chi connectivity index (χ3n) is 3.73. The van der Waals surface area contributed by atoms with E-state index in [-0.39, 0.29) is 17.2 Å². The minimum atomic E-state index is -1.06. The first-order chi connectivity index (χ1) is 9.54. The van der Waals surface area contributed by atoms with Crippen LogP contribution >= 0.6 is 0 Å². The average molecular weight is 281 g/mol. The monoisotopic (exact) mass is 281 g/mol. The topological polar surface area (TPSA) is 93.5 Å². The van der Waals surface area contributed by atoms with E-state index in [1.165, 1.54) is 12.5 Å². The smallest absolute Gasteiger partial charge is 0.356 e. The van der Waals surface area contributed by atoms with E-state index in [1.54, 1.807) is 11.7 Å². The van der Waals surface area contributed by atoms with Crippen LogP contribution in [0.3, 0.4) is 0 Å². The first kappa shape index (κ1) is 14.5. The Labute approximate surface area is 116 Å². The van der Waals surface area contributed by atoms with E-state index in [0.717, 1.165) is 19.3 Å². The van der Waals surface area contributed by atoms with Gasteiger partial charge < -0.3 is 19.7 Å². The van der Waals surface area contributed by atoms with Gasteiger partial charge >= 0.3 is 5.97 Å². The molecule has 1 heterocycles. The number of carboxylic acids is 1. The lowest BCUT2D eigenvalue weighted by Gasteiger charge is -2.39. The van der Waals surface area contributed by atoms with Gasteiger partial charge in [-0.1, -0.05) is 0 Å². The predicted molar refractivity (Wildman–Crippen MR) is 70.4 cm³/mol. The number of rotatable bonds is 7. The Morgan fingerprint density at radius 2 is 2.30 bits per heavy atom. The van der Waals surface area contributed by atoms with Crippen molar-refractivity contribution in [3.8, 4) is 0 Å². The summed E-state index contributed by atoms with van der Waals surface area (Å²) in [6.45, 7) is 0.931. The van der Waals surface area contributed by atoms with Crippen LogP contribution in [-0.2, 0) is 16.1 Å². The van der Waals surface area contributed by atoms with Crippen LogP contribution in [0.15, 0.2) is 12.5 Å². The number of carboxylic acid groups (broad SMARTS) is 1. The first-order valence-electron chi connectivity index (χ1n) is 6.62. The minimum absolute atomic E-state index is 0.00382. The Morgan fingerprint density at radius 3 is 2.80 bits per heavy atom. The Balaban J connectivity index is 1.72. The van der Waals surface area contributed by atoms with Crippen LogP contribution in [-0.4, -0.2) is 45.8 Å². The summed E-state index contributed by atoms with van der Waals surface area (Å²) in [4.78, 5) is 26.2. The second-order valence-corrected chi connectivity index (χ2v) is 5.07. The maximum atomic E-state index is 11.8. The molecule has 7 nitrogen and oxygen atoms in total. The summed E-state index contributed by atoms with van der Waals surface area (Å²) in [7, 11) is 1.64. The van der Waals surface area contributed by atoms with Crippen molar-refractivity contribution in [1.82, 2.24) is 14.9 Å². The van der Waals surface area contributed by atoms with Gasteiger partial charge in [-0.2, -0.15) is 0 Å². The molecule has 0 saturated heterocycles. The van der Waals surface area contributed by atoms with Crippen molar-refractivity contribution in [2.75, 3.05) is 13.7 Å². The molecule has 0 radical (unpaired) electrons. The number of carbonyl (C=O) groups excluding carboxylic acids is 1. The van der Waals surface area contributed by atoms with E-state index in [9.17, 15) is 9.59 Å². The van der Waals surface area contributed by atoms with Crippen molar-refractivity contribution < 1.29 is 19.4 Å². The van der Waals surface area contributed by atoms with Crippen molar-refractivity contribution >= 4 is 11.9 Å². The molecule has 0 aromatic carbocycles. The number of imidazole rings is 1. The molecule has 1 amide bonds. The number of nitrogens with zero attached hydrogens (tertiary/aromatic N) is 2. The fourth-order valence-corrected chi connectivity index (χ4v) is 2.30. The zero-order valence-electron chi connectivity index (χ0n) is 11.5. The quantitative estimate of drug-likeness (QED) is 0.765. The highest BCUT2D eigenvalue weighted by molar-refractivity contribution is 5.84. The van der Waals surface area contributed by atoms with Gasteiger partial charge in [-0.25, -0.2) is 9.78 Å². The average Bonchev–Trinajstić information content (AvgIpc) is 2.83. The Kier molecular flexibility index (Phi) is 4.39. The third kappa shape index (κ3) is 3.36. The molecule has 1 saturated carbocycles. The van der Waals surface area contributed by atoms with E-state index < -0.39 is 5.97 Å². The molecule has 1 fully saturated rings. The zero-order valence-corrected chi connectivity index (χ0v) is 11.5. The van der Waals surface area contributed by atoms with E-state index in [1.807, 2.05) is 0 Å². The zero-order chi connectivity index (χ0) is 14.6. The van der Waals surface area contributed by atoms with Crippen molar-refractivity contribution in [3.05, 3.63) is 18.2 Å². The van der Waals surface area contributed by atoms with Crippen LogP contribution in [0, 0.1) is 0 Å². The van der Waals surface area contributed by atoms with Gasteiger partial charge in [-0.3, -0.25) is 4.79 Å². The van der Waals surface area contributed by atoms with Crippen molar-refractivity contribution in [1.29, 1.82) is 0 Å². The molecule has 2 rings (SSSR count). The van der Waals surface area contributed by atoms with Gasteiger partial charge in [-0.15, -0.1) is 0 Å². The number of carbonyl (C=O) groups is 2. The summed E-state index contributed by atoms with van der Waals surface area (Å²) in [6.07, 6.45) is 6.23. The fraction of sp³-hybridized carbons (Fsp3) is 0.615. The first-order valence-corrected chi connectivity index (χ1v) is 6.62. The molecule has 1 aliphatic rings. The van der Waals surface area contributed by atoms with Gasteiger partial charge in [0.05, 0.1) is 18.3 Å². The summed E-state index contributed by atoms with van der Waals surface area (Å²) in [5, 5.41) is 11.6. The lowest BCUT2D eigenvalue weighted by atomic mass is 9.77. The van der Waals surface area contributed by atoms with E-state index in [0.29, 0.717) is 19.5 Å². The molecule has 1 aromatic heterocycles. The number of aromatic carboxylic acids is 1. The Morgan fingerprint density at radius 1 is 1.55 bits per heavy atom. The Bertz CT molecular complexity index is 488. The SMILES string of the molecule is COC1(CC(=O)NCCn2cnc(C(=O)O)c2)CCC1. The predicted octanol–water partition coefficient (Wildman–Crippen LogP) is 0.657. The second-order valence-electron chi connectivity index (χ2n) is 5.07. The van der Waals surface area contributed by atoms with Crippen LogP contribution in [0.25, 0.3) is 0 Å². The molecule has 0 aliphatic heterocycles. The molecule has 1 aromatic rings. The van der Waals surface area contributed by atoms with Crippen LogP contribution in [0.5, 0.6) is 0 Å². The number of hydrogen-bond acceptors (Lipinski definition) is 4. The van der Waals surface area contributed by atoms with Crippen LogP contribution in [0.4, 0.5) is 0 Å². The molecule has 110 valence electrons. The molecule has 0 atom stereocenters. The third-order valence-corrected chi connectivity index (χ3v) is 3.73. The standard InChI is InChI=1S/C13H19N3O4/c1-20-13(3-2-4-13)7-11(17)14-5-6-16-8-10(12(18)19)15-9-16/h8-9H,2-7H2,1H3,(H,14,17)(H,18,19). The highest BCUT2D eigenvalue weighted by atomic mass is 16.5. The molecule has 2 N–H and O–H groups in total. The highest BCUT2D eigenvalue weighted by Crippen LogP contribution is 2.37. The number of amides is 1. The van der Waals surface area contributed by atoms with Gasteiger partial charge in [0, 0.05) is 26.4 Å². The second kappa shape index (κ2) is 6.04. The molecule has 0 unspecified atom stereocenters. The largest absolute Gasteiger partial charge is 0.476 e. The van der Waals surface area contributed by atoms with E-state index >= 15 is 0 Å². The van der Waals surface area contributed by atoms with Gasteiger partial charge in [0.1, 0.15) is 0 Å². The van der Waals surface area contributed by atoms with Crippen LogP contribution < -0.4 is 5.32 Å². The van der Waals surface area contributed by atoms with Crippen molar-refractivity contribution in [3.63, 3.8) is 0 Å². The number of aromatic nitrogens is 2. The molecule has 1 aliphatic carbocycles. The maximum Gasteiger partial charge on any atom is 0.356 e. The van der Waals surface area contributed by atoms with Gasteiger partial charge in [0.25, 0.3) is 0 Å². The van der Waals surface area contributed by atoms with Crippen molar-refractivity contribution in [2.24, 2.45) is 0 Å². The highest BCUT2D eigenvalue weighted by Gasteiger charge is 2.38. The van der Waals surface area contributed by atoms with E-state index in [4.69, 9.17) is 9.84 Å². The minimum Gasteiger partial charge on any atom is -0.476 e. The molecular formula is C13H19N3O4. The lowest BCUT2D eigenvalue weighted by molar-refractivity contribution is -0.134. The lowest BCUT2D eigenvalue weighted by Crippen LogP contribution is -2.44. The van der Waals surface area contributed by atoms with Gasteiger partial charge in [0.15, 0.2) is 5.69 Å². The fourth-order valence-electron chi connectivity index (χ4n) is 2.30. The van der Waals surface area contributed by atoms with Crippen LogP contribution in [0.1, 0.15) is 36.2 Å². The summed E-state index contributed by atoms with van der Waals surface area (Å²) in [6, 6.07) is 0. The number of hydrogen-bond donors (Lipinski definition) is 2. The molecule has 20 heavy (non-hydrogen) atoms. The van der Waals surface area contributed by atoms with Gasteiger partial charge in [-0.05, 0) is 19.3 Å². The molecule has 0 bridgehead atoms. The van der Waals surface area contributed by atoms with Crippen LogP contribution in [0.2, 0.25) is 0 Å². The summed E-state index contributed by atoms with van der Waals surface area (Å²) >= 11 is 0. The summed E-state index contributed by atoms with van der Waals surface area (Å²) in [5.41, 5.74) is -0.264. The molecular weight excluding hydrogens is 262 g/mol. The normalized spacial score (nSPS) is 16.4. The number of ether oxygens (including phenoxy) is 1. The van der Waals surface area contributed by atoms with Gasteiger partial charge in [0.2, 0.25) is 5.91 Å². The number of methoxy groups -OCH3 is 1. The van der Waals surface area contributed by atoms with E-state index in [2.05, 4.69) is 10.3 Å². The summed E-state index contributed by atoms with van der Waals surface area (Å²) in [5.74, 6) is -1.09. The maximum absolute atomic E-state index is 11.8. The summed E-state index contributed by atoms with van der Waals surface area (Å²) < 4.78 is 7.04. The Hall–Kier alpha value is -1.89. The number of nitrogens with one attached hydrogen (secondary N) is 1. The van der Waals surface area contributed by atoms with Crippen molar-refractivity contribution in [2.45, 2.75) is 37.8 Å². The molecule has 0 spiro atoms.